The first-order chi connectivity index (χ1) is 9.69. The minimum absolute atomic E-state index is 0.0638. The molecule has 4 heteroatoms. The van der Waals surface area contributed by atoms with Crippen molar-refractivity contribution in [3.8, 4) is 0 Å². The first-order valence-electron chi connectivity index (χ1n) is 6.96. The second-order valence-electron chi connectivity index (χ2n) is 5.29. The Hall–Kier alpha value is -2.23. The summed E-state index contributed by atoms with van der Waals surface area (Å²) in [6.07, 6.45) is 7.07. The number of hydrogen-bond donors (Lipinski definition) is 3. The maximum Gasteiger partial charge on any atom is 0.140 e. The standard InChI is InChI=1S/C16H20N4/c1-4-5-6-12-9-17-20-15(12)16-18-13-7-10(2)11(3)8-14(13)19-16/h4-5,7-9,16,18-19H,6H2,1-3H3,(H,17,20)/b5-4-. The molecule has 3 N–H and O–H groups in total. The van der Waals surface area contributed by atoms with E-state index < -0.39 is 0 Å². The van der Waals surface area contributed by atoms with Crippen molar-refractivity contribution in [3.05, 3.63) is 52.9 Å². The van der Waals surface area contributed by atoms with Crippen LogP contribution in [0, 0.1) is 13.8 Å². The summed E-state index contributed by atoms with van der Waals surface area (Å²) in [5.74, 6) is 0. The van der Waals surface area contributed by atoms with E-state index in [0.29, 0.717) is 0 Å². The van der Waals surface area contributed by atoms with Gasteiger partial charge in [0.2, 0.25) is 0 Å². The molecule has 0 spiro atoms. The number of benzene rings is 1. The van der Waals surface area contributed by atoms with Gasteiger partial charge in [0.15, 0.2) is 0 Å². The molecule has 2 aromatic rings. The van der Waals surface area contributed by atoms with Crippen LogP contribution in [0.3, 0.4) is 0 Å². The molecular weight excluding hydrogens is 248 g/mol. The van der Waals surface area contributed by atoms with Crippen LogP contribution >= 0.6 is 0 Å². The van der Waals surface area contributed by atoms with Gasteiger partial charge in [-0.1, -0.05) is 12.2 Å². The van der Waals surface area contributed by atoms with Gasteiger partial charge in [-0.3, -0.25) is 5.10 Å². The Balaban J connectivity index is 1.86. The van der Waals surface area contributed by atoms with Crippen LogP contribution in [-0.2, 0) is 6.42 Å². The molecule has 0 fully saturated rings. The third-order valence-corrected chi connectivity index (χ3v) is 3.85. The first kappa shape index (κ1) is 12.8. The summed E-state index contributed by atoms with van der Waals surface area (Å²) in [4.78, 5) is 0. The molecule has 0 unspecified atom stereocenters. The highest BCUT2D eigenvalue weighted by molar-refractivity contribution is 5.76. The highest BCUT2D eigenvalue weighted by atomic mass is 15.2. The Morgan fingerprint density at radius 1 is 1.15 bits per heavy atom. The SMILES string of the molecule is C/C=C\Cc1cn[nH]c1C1Nc2cc(C)c(C)cc2N1. The van der Waals surface area contributed by atoms with Crippen LogP contribution in [0.2, 0.25) is 0 Å². The van der Waals surface area contributed by atoms with Crippen molar-refractivity contribution < 1.29 is 0 Å². The fourth-order valence-corrected chi connectivity index (χ4v) is 2.52. The predicted molar refractivity (Wildman–Crippen MR) is 83.0 cm³/mol. The maximum atomic E-state index is 4.18. The van der Waals surface area contributed by atoms with Crippen molar-refractivity contribution in [2.75, 3.05) is 10.6 Å². The molecule has 0 bridgehead atoms. The third-order valence-electron chi connectivity index (χ3n) is 3.85. The normalized spacial score (nSPS) is 14.3. The molecule has 2 heterocycles. The van der Waals surface area contributed by atoms with Crippen LogP contribution in [0.4, 0.5) is 11.4 Å². The molecule has 104 valence electrons. The van der Waals surface area contributed by atoms with Gasteiger partial charge in [-0.15, -0.1) is 0 Å². The Bertz CT molecular complexity index is 623. The molecule has 1 aliphatic rings. The summed E-state index contributed by atoms with van der Waals surface area (Å²) >= 11 is 0. The zero-order valence-electron chi connectivity index (χ0n) is 12.1. The number of aryl methyl sites for hydroxylation is 2. The molecule has 0 amide bonds. The highest BCUT2D eigenvalue weighted by Crippen LogP contribution is 2.37. The van der Waals surface area contributed by atoms with Crippen LogP contribution < -0.4 is 10.6 Å². The van der Waals surface area contributed by atoms with Crippen molar-refractivity contribution >= 4 is 11.4 Å². The summed E-state index contributed by atoms with van der Waals surface area (Å²) in [6, 6.07) is 4.39. The number of allylic oxidation sites excluding steroid dienone is 2. The van der Waals surface area contributed by atoms with Gasteiger partial charge >= 0.3 is 0 Å². The summed E-state index contributed by atoms with van der Waals surface area (Å²) < 4.78 is 0. The van der Waals surface area contributed by atoms with E-state index in [9.17, 15) is 0 Å². The second-order valence-corrected chi connectivity index (χ2v) is 5.29. The van der Waals surface area contributed by atoms with E-state index in [-0.39, 0.29) is 6.17 Å². The average molecular weight is 268 g/mol. The smallest absolute Gasteiger partial charge is 0.140 e. The molecular formula is C16H20N4. The van der Waals surface area contributed by atoms with Crippen LogP contribution in [0.25, 0.3) is 0 Å². The predicted octanol–water partition coefficient (Wildman–Crippen LogP) is 3.68. The van der Waals surface area contributed by atoms with E-state index in [0.717, 1.165) is 23.5 Å². The van der Waals surface area contributed by atoms with E-state index in [1.54, 1.807) is 0 Å². The summed E-state index contributed by atoms with van der Waals surface area (Å²) in [7, 11) is 0. The number of nitrogens with zero attached hydrogens (tertiary/aromatic N) is 1. The molecule has 0 saturated carbocycles. The minimum atomic E-state index is 0.0638. The Morgan fingerprint density at radius 3 is 2.40 bits per heavy atom. The molecule has 20 heavy (non-hydrogen) atoms. The van der Waals surface area contributed by atoms with E-state index in [4.69, 9.17) is 0 Å². The molecule has 1 aliphatic heterocycles. The van der Waals surface area contributed by atoms with Crippen LogP contribution in [-0.4, -0.2) is 10.2 Å². The fraction of sp³-hybridized carbons (Fsp3) is 0.312. The number of H-pyrrole nitrogens is 1. The van der Waals surface area contributed by atoms with E-state index in [1.165, 1.54) is 16.7 Å². The largest absolute Gasteiger partial charge is 0.359 e. The topological polar surface area (TPSA) is 52.7 Å². The zero-order chi connectivity index (χ0) is 14.1. The van der Waals surface area contributed by atoms with E-state index in [2.05, 4.69) is 59.0 Å². The van der Waals surface area contributed by atoms with Crippen molar-refractivity contribution in [2.45, 2.75) is 33.4 Å². The third kappa shape index (κ3) is 2.18. The molecule has 4 nitrogen and oxygen atoms in total. The number of aromatic nitrogens is 2. The van der Waals surface area contributed by atoms with Gasteiger partial charge in [0.05, 0.1) is 23.3 Å². The lowest BCUT2D eigenvalue weighted by atomic mass is 10.1. The number of fused-ring (bicyclic) bond motifs is 1. The molecule has 0 atom stereocenters. The molecule has 0 saturated heterocycles. The van der Waals surface area contributed by atoms with Crippen LogP contribution in [0.15, 0.2) is 30.5 Å². The summed E-state index contributed by atoms with van der Waals surface area (Å²) in [6.45, 7) is 6.31. The van der Waals surface area contributed by atoms with E-state index >= 15 is 0 Å². The Morgan fingerprint density at radius 2 is 1.80 bits per heavy atom. The van der Waals surface area contributed by atoms with E-state index in [1.807, 2.05) is 13.1 Å². The molecule has 0 radical (unpaired) electrons. The second kappa shape index (κ2) is 5.04. The summed E-state index contributed by atoms with van der Waals surface area (Å²) in [5.41, 5.74) is 7.24. The lowest BCUT2D eigenvalue weighted by molar-refractivity contribution is 0.854. The van der Waals surface area contributed by atoms with Gasteiger partial charge in [-0.2, -0.15) is 5.10 Å². The van der Waals surface area contributed by atoms with Gasteiger partial charge in [-0.25, -0.2) is 0 Å². The number of rotatable bonds is 3. The molecule has 1 aromatic heterocycles. The van der Waals surface area contributed by atoms with Gasteiger partial charge in [-0.05, 0) is 50.5 Å². The maximum absolute atomic E-state index is 4.18. The van der Waals surface area contributed by atoms with Crippen molar-refractivity contribution in [1.29, 1.82) is 0 Å². The fourth-order valence-electron chi connectivity index (χ4n) is 2.52. The van der Waals surface area contributed by atoms with Crippen molar-refractivity contribution in [3.63, 3.8) is 0 Å². The highest BCUT2D eigenvalue weighted by Gasteiger charge is 2.24. The molecule has 0 aliphatic carbocycles. The average Bonchev–Trinajstić information content (AvgIpc) is 3.03. The van der Waals surface area contributed by atoms with Crippen molar-refractivity contribution in [1.82, 2.24) is 10.2 Å². The summed E-state index contributed by atoms with van der Waals surface area (Å²) in [5, 5.41) is 14.3. The quantitative estimate of drug-likeness (QED) is 0.744. The molecule has 1 aromatic carbocycles. The molecule has 3 rings (SSSR count). The lowest BCUT2D eigenvalue weighted by Gasteiger charge is -2.12. The zero-order valence-corrected chi connectivity index (χ0v) is 12.1. The number of aromatic amines is 1. The minimum Gasteiger partial charge on any atom is -0.359 e. The van der Waals surface area contributed by atoms with Gasteiger partial charge in [0.1, 0.15) is 6.17 Å². The first-order valence-corrected chi connectivity index (χ1v) is 6.96. The lowest BCUT2D eigenvalue weighted by Crippen LogP contribution is -2.14. The van der Waals surface area contributed by atoms with Crippen molar-refractivity contribution in [2.24, 2.45) is 0 Å². The number of anilines is 2. The number of hydrogen-bond acceptors (Lipinski definition) is 3. The van der Waals surface area contributed by atoms with Crippen LogP contribution in [0.5, 0.6) is 0 Å². The van der Waals surface area contributed by atoms with Crippen LogP contribution in [0.1, 0.15) is 35.5 Å². The van der Waals surface area contributed by atoms with Gasteiger partial charge < -0.3 is 10.6 Å². The van der Waals surface area contributed by atoms with Gasteiger partial charge in [0, 0.05) is 5.56 Å². The monoisotopic (exact) mass is 268 g/mol. The van der Waals surface area contributed by atoms with Gasteiger partial charge in [0.25, 0.3) is 0 Å². The number of nitrogens with one attached hydrogen (secondary N) is 3. The Labute approximate surface area is 119 Å². The Kier molecular flexibility index (Phi) is 3.22.